The van der Waals surface area contributed by atoms with Crippen molar-refractivity contribution in [3.63, 3.8) is 0 Å². The Kier molecular flexibility index (Phi) is 3.27. The second-order valence-electron chi connectivity index (χ2n) is 3.83. The molecule has 2 aromatic rings. The van der Waals surface area contributed by atoms with Crippen molar-refractivity contribution in [1.82, 2.24) is 15.0 Å². The summed E-state index contributed by atoms with van der Waals surface area (Å²) in [5, 5.41) is 0. The molecule has 0 aromatic carbocycles. The van der Waals surface area contributed by atoms with E-state index >= 15 is 0 Å². The van der Waals surface area contributed by atoms with Gasteiger partial charge in [-0.05, 0) is 19.1 Å². The van der Waals surface area contributed by atoms with E-state index in [1.165, 1.54) is 12.4 Å². The minimum atomic E-state index is -0.529. The molecule has 88 valence electrons. The first-order valence-corrected chi connectivity index (χ1v) is 5.26. The largest absolute Gasteiger partial charge is 0.354 e. The van der Waals surface area contributed by atoms with Crippen LogP contribution >= 0.6 is 0 Å². The summed E-state index contributed by atoms with van der Waals surface area (Å²) in [6.45, 7) is 2.52. The number of halogens is 1. The Morgan fingerprint density at radius 1 is 1.29 bits per heavy atom. The summed E-state index contributed by atoms with van der Waals surface area (Å²) in [5.74, 6) is 0.0138. The van der Waals surface area contributed by atoms with Crippen LogP contribution in [-0.4, -0.2) is 22.0 Å². The number of aryl methyl sites for hydroxylation is 1. The topological polar surface area (TPSA) is 41.9 Å². The van der Waals surface area contributed by atoms with Gasteiger partial charge in [-0.3, -0.25) is 4.98 Å². The molecule has 0 atom stereocenters. The Hall–Kier alpha value is -2.04. The lowest BCUT2D eigenvalue weighted by molar-refractivity contribution is 0.578. The Bertz CT molecular complexity index is 515. The average Bonchev–Trinajstić information content (AvgIpc) is 2.29. The second-order valence-corrected chi connectivity index (χ2v) is 3.83. The van der Waals surface area contributed by atoms with Gasteiger partial charge in [0.2, 0.25) is 5.95 Å². The molecule has 0 fully saturated rings. The van der Waals surface area contributed by atoms with Crippen molar-refractivity contribution < 1.29 is 4.39 Å². The third-order valence-corrected chi connectivity index (χ3v) is 2.36. The van der Waals surface area contributed by atoms with Gasteiger partial charge in [-0.25, -0.2) is 9.97 Å². The Morgan fingerprint density at radius 3 is 2.82 bits per heavy atom. The molecule has 0 saturated carbocycles. The molecule has 0 unspecified atom stereocenters. The minimum Gasteiger partial charge on any atom is -0.354 e. The van der Waals surface area contributed by atoms with Crippen LogP contribution in [0.3, 0.4) is 0 Å². The van der Waals surface area contributed by atoms with E-state index < -0.39 is 5.95 Å². The lowest BCUT2D eigenvalue weighted by atomic mass is 10.3. The molecule has 0 bridgehead atoms. The van der Waals surface area contributed by atoms with E-state index in [1.54, 1.807) is 0 Å². The summed E-state index contributed by atoms with van der Waals surface area (Å²) >= 11 is 0. The van der Waals surface area contributed by atoms with Crippen molar-refractivity contribution in [2.24, 2.45) is 0 Å². The van der Waals surface area contributed by atoms with Gasteiger partial charge in [0.15, 0.2) is 0 Å². The number of anilines is 1. The van der Waals surface area contributed by atoms with Gasteiger partial charge in [-0.1, -0.05) is 6.07 Å². The molecule has 0 aliphatic rings. The molecule has 0 aliphatic carbocycles. The van der Waals surface area contributed by atoms with Gasteiger partial charge in [0.25, 0.3) is 0 Å². The lowest BCUT2D eigenvalue weighted by Crippen LogP contribution is -2.18. The van der Waals surface area contributed by atoms with Crippen LogP contribution in [0.2, 0.25) is 0 Å². The van der Waals surface area contributed by atoms with Crippen molar-refractivity contribution in [3.05, 3.63) is 47.9 Å². The molecule has 0 spiro atoms. The van der Waals surface area contributed by atoms with Crippen molar-refractivity contribution in [3.8, 4) is 0 Å². The molecule has 2 aromatic heterocycles. The van der Waals surface area contributed by atoms with Gasteiger partial charge in [-0.15, -0.1) is 0 Å². The van der Waals surface area contributed by atoms with Crippen LogP contribution in [0, 0.1) is 12.9 Å². The Morgan fingerprint density at radius 2 is 2.12 bits per heavy atom. The molecule has 17 heavy (non-hydrogen) atoms. The molecule has 4 nitrogen and oxygen atoms in total. The quantitative estimate of drug-likeness (QED) is 0.758. The fourth-order valence-corrected chi connectivity index (χ4v) is 1.54. The zero-order chi connectivity index (χ0) is 12.3. The minimum absolute atomic E-state index is 0.529. The lowest BCUT2D eigenvalue weighted by Gasteiger charge is -2.17. The first-order chi connectivity index (χ1) is 8.15. The highest BCUT2D eigenvalue weighted by Crippen LogP contribution is 2.11. The van der Waals surface area contributed by atoms with Crippen molar-refractivity contribution in [2.75, 3.05) is 11.9 Å². The number of aromatic nitrogens is 3. The number of hydrogen-bond donors (Lipinski definition) is 0. The highest BCUT2D eigenvalue weighted by molar-refractivity contribution is 5.36. The van der Waals surface area contributed by atoms with Crippen LogP contribution in [0.5, 0.6) is 0 Å². The highest BCUT2D eigenvalue weighted by Gasteiger charge is 2.06. The van der Waals surface area contributed by atoms with E-state index in [-0.39, 0.29) is 0 Å². The third-order valence-electron chi connectivity index (χ3n) is 2.36. The fraction of sp³-hybridized carbons (Fsp3) is 0.250. The highest BCUT2D eigenvalue weighted by atomic mass is 19.1. The molecule has 2 heterocycles. The zero-order valence-corrected chi connectivity index (χ0v) is 9.76. The molecule has 0 radical (unpaired) electrons. The summed E-state index contributed by atoms with van der Waals surface area (Å²) in [6.07, 6.45) is 1.21. The Balaban J connectivity index is 2.14. The predicted molar refractivity (Wildman–Crippen MR) is 63.1 cm³/mol. The van der Waals surface area contributed by atoms with Gasteiger partial charge in [0.1, 0.15) is 12.1 Å². The van der Waals surface area contributed by atoms with Gasteiger partial charge in [0, 0.05) is 18.8 Å². The number of pyridine rings is 1. The van der Waals surface area contributed by atoms with E-state index in [9.17, 15) is 4.39 Å². The monoisotopic (exact) mass is 232 g/mol. The molecule has 0 saturated heterocycles. The first-order valence-electron chi connectivity index (χ1n) is 5.26. The fourth-order valence-electron chi connectivity index (χ4n) is 1.54. The summed E-state index contributed by atoms with van der Waals surface area (Å²) in [4.78, 5) is 13.6. The van der Waals surface area contributed by atoms with Crippen molar-refractivity contribution in [1.29, 1.82) is 0 Å². The van der Waals surface area contributed by atoms with Crippen molar-refractivity contribution >= 4 is 5.82 Å². The van der Waals surface area contributed by atoms with E-state index in [0.717, 1.165) is 11.4 Å². The number of hydrogen-bond acceptors (Lipinski definition) is 4. The van der Waals surface area contributed by atoms with E-state index in [4.69, 9.17) is 0 Å². The summed E-state index contributed by atoms with van der Waals surface area (Å²) in [5.41, 5.74) is 1.89. The SMILES string of the molecule is Cc1cccc(CN(C)c2cc(F)ncn2)n1. The normalized spacial score (nSPS) is 10.3. The number of rotatable bonds is 3. The Labute approximate surface area is 99.2 Å². The molecule has 0 N–H and O–H groups in total. The summed E-state index contributed by atoms with van der Waals surface area (Å²) < 4.78 is 12.9. The summed E-state index contributed by atoms with van der Waals surface area (Å²) in [6, 6.07) is 7.12. The average molecular weight is 232 g/mol. The molecule has 2 rings (SSSR count). The first kappa shape index (κ1) is 11.4. The molecular formula is C12H13FN4. The smallest absolute Gasteiger partial charge is 0.218 e. The molecule has 5 heteroatoms. The zero-order valence-electron chi connectivity index (χ0n) is 9.76. The maximum absolute atomic E-state index is 12.9. The third kappa shape index (κ3) is 2.96. The van der Waals surface area contributed by atoms with Crippen LogP contribution in [-0.2, 0) is 6.54 Å². The molecule has 0 amide bonds. The van der Waals surface area contributed by atoms with E-state index in [1.807, 2.05) is 37.1 Å². The summed E-state index contributed by atoms with van der Waals surface area (Å²) in [7, 11) is 1.84. The van der Waals surface area contributed by atoms with Gasteiger partial charge < -0.3 is 4.90 Å². The van der Waals surface area contributed by atoms with E-state index in [2.05, 4.69) is 15.0 Å². The van der Waals surface area contributed by atoms with E-state index in [0.29, 0.717) is 12.4 Å². The van der Waals surface area contributed by atoms with Crippen LogP contribution in [0.15, 0.2) is 30.6 Å². The molecular weight excluding hydrogens is 219 g/mol. The van der Waals surface area contributed by atoms with Crippen LogP contribution in [0.1, 0.15) is 11.4 Å². The number of nitrogens with zero attached hydrogens (tertiary/aromatic N) is 4. The van der Waals surface area contributed by atoms with Crippen LogP contribution in [0.4, 0.5) is 10.2 Å². The predicted octanol–water partition coefficient (Wildman–Crippen LogP) is 1.96. The van der Waals surface area contributed by atoms with Crippen molar-refractivity contribution in [2.45, 2.75) is 13.5 Å². The van der Waals surface area contributed by atoms with Gasteiger partial charge >= 0.3 is 0 Å². The second kappa shape index (κ2) is 4.86. The molecule has 0 aliphatic heterocycles. The maximum Gasteiger partial charge on any atom is 0.218 e. The van der Waals surface area contributed by atoms with Gasteiger partial charge in [-0.2, -0.15) is 4.39 Å². The van der Waals surface area contributed by atoms with Crippen LogP contribution in [0.25, 0.3) is 0 Å². The standard InChI is InChI=1S/C12H13FN4/c1-9-4-3-5-10(16-9)7-17(2)12-6-11(13)14-8-15-12/h3-6,8H,7H2,1-2H3. The van der Waals surface area contributed by atoms with Crippen LogP contribution < -0.4 is 4.90 Å². The maximum atomic E-state index is 12.9. The van der Waals surface area contributed by atoms with Gasteiger partial charge in [0.05, 0.1) is 12.2 Å².